The van der Waals surface area contributed by atoms with Gasteiger partial charge in [-0.2, -0.15) is 30.6 Å². The molecule has 1 saturated heterocycles. The number of hydrogen-bond donors (Lipinski definition) is 1. The number of benzene rings is 2. The number of nitrogens with zero attached hydrogens (tertiary/aromatic N) is 2. The third-order valence-electron chi connectivity index (χ3n) is 5.62. The third kappa shape index (κ3) is 6.16. The standard InChI is InChI=1S/C22H21F6N3O4S/c1-14(32)30-10-11-31(36(34,35)18-8-6-17(7-9-18)22(26,27)28)19(13-30)20(33)29-12-15-2-4-16(5-3-15)21(23,24)25/h2-9,19H,10-13H2,1H3,(H,29,33). The molecule has 3 rings (SSSR count). The van der Waals surface area contributed by atoms with Crippen molar-refractivity contribution < 1.29 is 44.3 Å². The summed E-state index contributed by atoms with van der Waals surface area (Å²) in [7, 11) is -4.43. The van der Waals surface area contributed by atoms with Crippen molar-refractivity contribution in [3.63, 3.8) is 0 Å². The molecule has 0 bridgehead atoms. The molecule has 196 valence electrons. The van der Waals surface area contributed by atoms with Crippen molar-refractivity contribution in [2.45, 2.75) is 36.8 Å². The SMILES string of the molecule is CC(=O)N1CCN(S(=O)(=O)c2ccc(C(F)(F)F)cc2)C(C(=O)NCc2ccc(C(F)(F)F)cc2)C1. The first-order chi connectivity index (χ1) is 16.6. The topological polar surface area (TPSA) is 86.8 Å². The summed E-state index contributed by atoms with van der Waals surface area (Å²) in [4.78, 5) is 25.6. The van der Waals surface area contributed by atoms with Gasteiger partial charge in [0.25, 0.3) is 0 Å². The molecule has 0 spiro atoms. The van der Waals surface area contributed by atoms with Crippen LogP contribution in [0.2, 0.25) is 0 Å². The molecule has 14 heteroatoms. The summed E-state index contributed by atoms with van der Waals surface area (Å²) in [6.45, 7) is 0.367. The predicted octanol–water partition coefficient (Wildman–Crippen LogP) is 3.26. The minimum atomic E-state index is -4.67. The molecule has 7 nitrogen and oxygen atoms in total. The molecule has 36 heavy (non-hydrogen) atoms. The van der Waals surface area contributed by atoms with Gasteiger partial charge in [-0.25, -0.2) is 8.42 Å². The van der Waals surface area contributed by atoms with Crippen LogP contribution in [0.4, 0.5) is 26.3 Å². The molecule has 1 fully saturated rings. The van der Waals surface area contributed by atoms with Crippen molar-refractivity contribution in [3.05, 3.63) is 65.2 Å². The zero-order valence-electron chi connectivity index (χ0n) is 18.7. The highest BCUT2D eigenvalue weighted by Crippen LogP contribution is 2.31. The average Bonchev–Trinajstić information content (AvgIpc) is 2.81. The highest BCUT2D eigenvalue weighted by molar-refractivity contribution is 7.89. The minimum Gasteiger partial charge on any atom is -0.351 e. The van der Waals surface area contributed by atoms with Gasteiger partial charge < -0.3 is 10.2 Å². The van der Waals surface area contributed by atoms with E-state index in [-0.39, 0.29) is 26.2 Å². The smallest absolute Gasteiger partial charge is 0.351 e. The fourth-order valence-corrected chi connectivity index (χ4v) is 5.19. The van der Waals surface area contributed by atoms with Crippen LogP contribution in [0.1, 0.15) is 23.6 Å². The van der Waals surface area contributed by atoms with Gasteiger partial charge in [0.05, 0.1) is 16.0 Å². The van der Waals surface area contributed by atoms with Crippen LogP contribution >= 0.6 is 0 Å². The number of rotatable bonds is 5. The molecule has 0 aromatic heterocycles. The van der Waals surface area contributed by atoms with Crippen LogP contribution in [-0.4, -0.2) is 55.1 Å². The number of alkyl halides is 6. The molecule has 1 aliphatic rings. The van der Waals surface area contributed by atoms with E-state index in [2.05, 4.69) is 5.32 Å². The lowest BCUT2D eigenvalue weighted by Crippen LogP contribution is -2.61. The van der Waals surface area contributed by atoms with Gasteiger partial charge >= 0.3 is 12.4 Å². The van der Waals surface area contributed by atoms with Gasteiger partial charge in [0.15, 0.2) is 0 Å². The van der Waals surface area contributed by atoms with E-state index in [0.717, 1.165) is 40.7 Å². The van der Waals surface area contributed by atoms with Crippen molar-refractivity contribution in [2.24, 2.45) is 0 Å². The van der Waals surface area contributed by atoms with Gasteiger partial charge in [-0.3, -0.25) is 9.59 Å². The van der Waals surface area contributed by atoms with Crippen molar-refractivity contribution in [2.75, 3.05) is 19.6 Å². The van der Waals surface area contributed by atoms with Gasteiger partial charge in [-0.05, 0) is 42.0 Å². The Morgan fingerprint density at radius 1 is 0.889 bits per heavy atom. The summed E-state index contributed by atoms with van der Waals surface area (Å²) in [6.07, 6.45) is -9.21. The van der Waals surface area contributed by atoms with Crippen molar-refractivity contribution in [3.8, 4) is 0 Å². The van der Waals surface area contributed by atoms with E-state index in [1.54, 1.807) is 0 Å². The van der Waals surface area contributed by atoms with Crippen LogP contribution in [-0.2, 0) is 38.5 Å². The van der Waals surface area contributed by atoms with Crippen molar-refractivity contribution in [1.29, 1.82) is 0 Å². The molecular formula is C22H21F6N3O4S. The van der Waals surface area contributed by atoms with Gasteiger partial charge in [0, 0.05) is 33.1 Å². The normalized spacial score (nSPS) is 17.6. The second kappa shape index (κ2) is 10.1. The van der Waals surface area contributed by atoms with Crippen LogP contribution < -0.4 is 5.32 Å². The van der Waals surface area contributed by atoms with Crippen LogP contribution in [0.5, 0.6) is 0 Å². The first kappa shape index (κ1) is 27.5. The van der Waals surface area contributed by atoms with E-state index >= 15 is 0 Å². The molecule has 1 heterocycles. The number of hydrogen-bond acceptors (Lipinski definition) is 4. The molecule has 0 saturated carbocycles. The number of sulfonamides is 1. The van der Waals surface area contributed by atoms with Gasteiger partial charge in [0.1, 0.15) is 6.04 Å². The van der Waals surface area contributed by atoms with Crippen LogP contribution in [0.3, 0.4) is 0 Å². The maximum absolute atomic E-state index is 13.2. The van der Waals surface area contributed by atoms with Crippen LogP contribution in [0, 0.1) is 0 Å². The fraction of sp³-hybridized carbons (Fsp3) is 0.364. The molecule has 1 atom stereocenters. The summed E-state index contributed by atoms with van der Waals surface area (Å²) in [6, 6.07) is 5.35. The van der Waals surface area contributed by atoms with Crippen molar-refractivity contribution >= 4 is 21.8 Å². The maximum Gasteiger partial charge on any atom is 0.416 e. The summed E-state index contributed by atoms with van der Waals surface area (Å²) in [5.74, 6) is -1.24. The second-order valence-electron chi connectivity index (χ2n) is 8.03. The van der Waals surface area contributed by atoms with Gasteiger partial charge in [-0.15, -0.1) is 0 Å². The summed E-state index contributed by atoms with van der Waals surface area (Å²) >= 11 is 0. The Hall–Kier alpha value is -3.13. The Balaban J connectivity index is 1.82. The Morgan fingerprint density at radius 3 is 1.86 bits per heavy atom. The molecule has 0 aliphatic carbocycles. The van der Waals surface area contributed by atoms with E-state index in [9.17, 15) is 44.3 Å². The molecule has 2 aromatic rings. The predicted molar refractivity (Wildman–Crippen MR) is 115 cm³/mol. The highest BCUT2D eigenvalue weighted by atomic mass is 32.2. The number of carbonyl (C=O) groups excluding carboxylic acids is 2. The zero-order chi connectivity index (χ0) is 26.9. The average molecular weight is 537 g/mol. The fourth-order valence-electron chi connectivity index (χ4n) is 3.62. The van der Waals surface area contributed by atoms with Crippen LogP contribution in [0.25, 0.3) is 0 Å². The lowest BCUT2D eigenvalue weighted by molar-refractivity contribution is -0.138. The van der Waals surface area contributed by atoms with Gasteiger partial charge in [0.2, 0.25) is 21.8 Å². The molecular weight excluding hydrogens is 516 g/mol. The monoisotopic (exact) mass is 537 g/mol. The largest absolute Gasteiger partial charge is 0.416 e. The zero-order valence-corrected chi connectivity index (χ0v) is 19.5. The van der Waals surface area contributed by atoms with Gasteiger partial charge in [-0.1, -0.05) is 12.1 Å². The quantitative estimate of drug-likeness (QED) is 0.594. The summed E-state index contributed by atoms with van der Waals surface area (Å²) in [5.41, 5.74) is -1.61. The molecule has 2 aromatic carbocycles. The summed E-state index contributed by atoms with van der Waals surface area (Å²) in [5, 5.41) is 2.46. The van der Waals surface area contributed by atoms with Crippen molar-refractivity contribution in [1.82, 2.24) is 14.5 Å². The molecule has 0 radical (unpaired) electrons. The molecule has 1 N–H and O–H groups in total. The lowest BCUT2D eigenvalue weighted by atomic mass is 10.1. The number of amides is 2. The van der Waals surface area contributed by atoms with E-state index in [1.165, 1.54) is 11.8 Å². The minimum absolute atomic E-state index is 0.0438. The number of carbonyl (C=O) groups is 2. The Morgan fingerprint density at radius 2 is 1.39 bits per heavy atom. The first-order valence-electron chi connectivity index (χ1n) is 10.5. The first-order valence-corrected chi connectivity index (χ1v) is 11.9. The second-order valence-corrected chi connectivity index (χ2v) is 9.92. The van der Waals surface area contributed by atoms with E-state index in [0.29, 0.717) is 17.7 Å². The maximum atomic E-state index is 13.2. The number of halogens is 6. The summed E-state index contributed by atoms with van der Waals surface area (Å²) < 4.78 is 104. The third-order valence-corrected chi connectivity index (χ3v) is 7.54. The Kier molecular flexibility index (Phi) is 7.69. The highest BCUT2D eigenvalue weighted by Gasteiger charge is 2.41. The molecule has 1 aliphatic heterocycles. The number of piperazine rings is 1. The molecule has 2 amide bonds. The van der Waals surface area contributed by atoms with E-state index < -0.39 is 56.3 Å². The Labute approximate surface area is 202 Å². The van der Waals surface area contributed by atoms with Crippen LogP contribution in [0.15, 0.2) is 53.4 Å². The number of nitrogens with one attached hydrogen (secondary N) is 1. The van der Waals surface area contributed by atoms with E-state index in [4.69, 9.17) is 0 Å². The lowest BCUT2D eigenvalue weighted by Gasteiger charge is -2.39. The van der Waals surface area contributed by atoms with E-state index in [1.807, 2.05) is 0 Å². The molecule has 1 unspecified atom stereocenters. The Bertz CT molecular complexity index is 1210.